The molecule has 106 valence electrons. The first-order valence-corrected chi connectivity index (χ1v) is 6.84. The van der Waals surface area contributed by atoms with Crippen molar-refractivity contribution in [2.24, 2.45) is 0 Å². The largest absolute Gasteiger partial charge is 0.313 e. The van der Waals surface area contributed by atoms with Gasteiger partial charge in [0.15, 0.2) is 0 Å². The van der Waals surface area contributed by atoms with Crippen LogP contribution in [0, 0.1) is 5.82 Å². The van der Waals surface area contributed by atoms with E-state index in [9.17, 15) is 9.18 Å². The lowest BCUT2D eigenvalue weighted by atomic mass is 9.89. The molecule has 2 aliphatic rings. The molecule has 6 heteroatoms. The van der Waals surface area contributed by atoms with Gasteiger partial charge >= 0.3 is 0 Å². The second-order valence-corrected chi connectivity index (χ2v) is 5.28. The van der Waals surface area contributed by atoms with Gasteiger partial charge in [-0.2, -0.15) is 0 Å². The number of rotatable bonds is 1. The van der Waals surface area contributed by atoms with E-state index in [1.54, 1.807) is 23.2 Å². The summed E-state index contributed by atoms with van der Waals surface area (Å²) in [6.07, 6.45) is 3.66. The van der Waals surface area contributed by atoms with Gasteiger partial charge in [-0.05, 0) is 17.7 Å². The quantitative estimate of drug-likeness (QED) is 0.851. The van der Waals surface area contributed by atoms with Crippen molar-refractivity contribution in [1.29, 1.82) is 0 Å². The minimum absolute atomic E-state index is 0.126. The molecule has 0 saturated carbocycles. The Balaban J connectivity index is 1.88. The Morgan fingerprint density at radius 3 is 2.76 bits per heavy atom. The molecule has 5 nitrogen and oxygen atoms in total. The molecular weight excluding hydrogens is 271 g/mol. The van der Waals surface area contributed by atoms with Gasteiger partial charge < -0.3 is 4.90 Å². The summed E-state index contributed by atoms with van der Waals surface area (Å²) in [6, 6.07) is 6.27. The summed E-state index contributed by atoms with van der Waals surface area (Å²) >= 11 is 0. The fourth-order valence-electron chi connectivity index (χ4n) is 3.22. The summed E-state index contributed by atoms with van der Waals surface area (Å²) in [6.45, 7) is 1.29. The predicted molar refractivity (Wildman–Crippen MR) is 72.9 cm³/mol. The Labute approximate surface area is 120 Å². The first-order chi connectivity index (χ1) is 10.2. The number of amides is 1. The fourth-order valence-corrected chi connectivity index (χ4v) is 3.22. The standard InChI is InChI=1S/C15H13FN4O/c16-11-3-1-10(2-4-11)15-9-12-13(18-6-5-17-12)14(21)20(15)8-7-19-15/h1-6,19H,7-9H2. The van der Waals surface area contributed by atoms with Crippen LogP contribution < -0.4 is 5.32 Å². The smallest absolute Gasteiger partial charge is 0.276 e. The Morgan fingerprint density at radius 1 is 1.19 bits per heavy atom. The number of aromatic nitrogens is 2. The fraction of sp³-hybridized carbons (Fsp3) is 0.267. The van der Waals surface area contributed by atoms with E-state index in [1.807, 2.05) is 0 Å². The molecule has 0 spiro atoms. The highest BCUT2D eigenvalue weighted by Gasteiger charge is 2.50. The van der Waals surface area contributed by atoms with E-state index in [2.05, 4.69) is 15.3 Å². The van der Waals surface area contributed by atoms with Crippen LogP contribution >= 0.6 is 0 Å². The Kier molecular flexibility index (Phi) is 2.56. The van der Waals surface area contributed by atoms with Crippen molar-refractivity contribution in [3.8, 4) is 0 Å². The van der Waals surface area contributed by atoms with Gasteiger partial charge in [0.1, 0.15) is 17.2 Å². The Morgan fingerprint density at radius 2 is 1.95 bits per heavy atom. The summed E-state index contributed by atoms with van der Waals surface area (Å²) < 4.78 is 13.2. The Bertz CT molecular complexity index is 718. The number of carbonyl (C=O) groups is 1. The maximum atomic E-state index is 13.2. The van der Waals surface area contributed by atoms with E-state index >= 15 is 0 Å². The topological polar surface area (TPSA) is 58.1 Å². The zero-order chi connectivity index (χ0) is 14.4. The highest BCUT2D eigenvalue weighted by Crippen LogP contribution is 2.37. The maximum absolute atomic E-state index is 13.2. The minimum Gasteiger partial charge on any atom is -0.313 e. The third-order valence-electron chi connectivity index (χ3n) is 4.18. The summed E-state index contributed by atoms with van der Waals surface area (Å²) in [5, 5.41) is 3.39. The molecular formula is C15H13FN4O. The van der Waals surface area contributed by atoms with Crippen molar-refractivity contribution in [2.75, 3.05) is 13.1 Å². The number of benzene rings is 1. The van der Waals surface area contributed by atoms with Gasteiger partial charge in [-0.1, -0.05) is 12.1 Å². The highest BCUT2D eigenvalue weighted by atomic mass is 19.1. The van der Waals surface area contributed by atoms with Gasteiger partial charge in [-0.3, -0.25) is 15.1 Å². The molecule has 2 aromatic rings. The second-order valence-electron chi connectivity index (χ2n) is 5.28. The summed E-state index contributed by atoms with van der Waals surface area (Å²) in [5.41, 5.74) is 1.32. The normalized spacial score (nSPS) is 23.9. The molecule has 1 fully saturated rings. The molecule has 1 amide bonds. The first kappa shape index (κ1) is 12.4. The highest BCUT2D eigenvalue weighted by molar-refractivity contribution is 5.95. The molecule has 3 heterocycles. The molecule has 0 radical (unpaired) electrons. The predicted octanol–water partition coefficient (Wildman–Crippen LogP) is 1.07. The second kappa shape index (κ2) is 4.33. The van der Waals surface area contributed by atoms with Gasteiger partial charge in [0.2, 0.25) is 0 Å². The lowest BCUT2D eigenvalue weighted by molar-refractivity contribution is 0.0489. The van der Waals surface area contributed by atoms with Crippen molar-refractivity contribution in [3.05, 3.63) is 59.4 Å². The lowest BCUT2D eigenvalue weighted by Gasteiger charge is -2.41. The summed E-state index contributed by atoms with van der Waals surface area (Å²) in [4.78, 5) is 22.9. The number of hydrogen-bond donors (Lipinski definition) is 1. The van der Waals surface area contributed by atoms with Crippen molar-refractivity contribution in [1.82, 2.24) is 20.2 Å². The van der Waals surface area contributed by atoms with Crippen molar-refractivity contribution in [2.45, 2.75) is 12.1 Å². The van der Waals surface area contributed by atoms with Crippen LogP contribution in [0.3, 0.4) is 0 Å². The van der Waals surface area contributed by atoms with Gasteiger partial charge in [0.25, 0.3) is 5.91 Å². The third kappa shape index (κ3) is 1.69. The molecule has 4 rings (SSSR count). The molecule has 1 unspecified atom stereocenters. The zero-order valence-electron chi connectivity index (χ0n) is 11.2. The molecule has 1 N–H and O–H groups in total. The van der Waals surface area contributed by atoms with E-state index in [0.29, 0.717) is 30.9 Å². The molecule has 1 atom stereocenters. The van der Waals surface area contributed by atoms with Crippen LogP contribution in [0.5, 0.6) is 0 Å². The molecule has 0 aliphatic carbocycles. The van der Waals surface area contributed by atoms with Gasteiger partial charge in [-0.15, -0.1) is 0 Å². The molecule has 21 heavy (non-hydrogen) atoms. The molecule has 1 aromatic carbocycles. The monoisotopic (exact) mass is 284 g/mol. The van der Waals surface area contributed by atoms with Crippen LogP contribution in [0.2, 0.25) is 0 Å². The van der Waals surface area contributed by atoms with Crippen LogP contribution in [0.4, 0.5) is 4.39 Å². The minimum atomic E-state index is -0.645. The van der Waals surface area contributed by atoms with Gasteiger partial charge in [0, 0.05) is 31.9 Å². The Hall–Kier alpha value is -2.34. The van der Waals surface area contributed by atoms with E-state index < -0.39 is 5.66 Å². The summed E-state index contributed by atoms with van der Waals surface area (Å²) in [5.74, 6) is -0.416. The molecule has 2 aliphatic heterocycles. The first-order valence-electron chi connectivity index (χ1n) is 6.84. The number of carbonyl (C=O) groups excluding carboxylic acids is 1. The number of hydrogen-bond acceptors (Lipinski definition) is 4. The maximum Gasteiger partial charge on any atom is 0.276 e. The van der Waals surface area contributed by atoms with Crippen molar-refractivity contribution >= 4 is 5.91 Å². The lowest BCUT2D eigenvalue weighted by Crippen LogP contribution is -2.56. The summed E-state index contributed by atoms with van der Waals surface area (Å²) in [7, 11) is 0. The number of nitrogens with one attached hydrogen (secondary N) is 1. The average molecular weight is 284 g/mol. The van der Waals surface area contributed by atoms with Crippen LogP contribution in [0.25, 0.3) is 0 Å². The number of fused-ring (bicyclic) bond motifs is 2. The zero-order valence-corrected chi connectivity index (χ0v) is 11.2. The van der Waals surface area contributed by atoms with Crippen LogP contribution in [-0.2, 0) is 12.1 Å². The SMILES string of the molecule is O=C1c2nccnc2CC2(c3ccc(F)cc3)NCCN12. The number of halogens is 1. The molecule has 0 bridgehead atoms. The van der Waals surface area contributed by atoms with Gasteiger partial charge in [-0.25, -0.2) is 9.37 Å². The van der Waals surface area contributed by atoms with E-state index in [4.69, 9.17) is 0 Å². The molecule has 1 saturated heterocycles. The van der Waals surface area contributed by atoms with Crippen molar-refractivity contribution in [3.63, 3.8) is 0 Å². The van der Waals surface area contributed by atoms with Crippen LogP contribution in [0.15, 0.2) is 36.7 Å². The van der Waals surface area contributed by atoms with E-state index in [-0.39, 0.29) is 11.7 Å². The van der Waals surface area contributed by atoms with E-state index in [1.165, 1.54) is 18.3 Å². The van der Waals surface area contributed by atoms with Crippen molar-refractivity contribution < 1.29 is 9.18 Å². The number of nitrogens with zero attached hydrogens (tertiary/aromatic N) is 3. The average Bonchev–Trinajstić information content (AvgIpc) is 2.93. The van der Waals surface area contributed by atoms with Gasteiger partial charge in [0.05, 0.1) is 5.69 Å². The van der Waals surface area contributed by atoms with E-state index in [0.717, 1.165) is 5.56 Å². The van der Waals surface area contributed by atoms with Crippen LogP contribution in [0.1, 0.15) is 21.7 Å². The molecule has 1 aromatic heterocycles. The third-order valence-corrected chi connectivity index (χ3v) is 4.18. The van der Waals surface area contributed by atoms with Crippen LogP contribution in [-0.4, -0.2) is 33.9 Å².